The number of allylic oxidation sites excluding steroid dienone is 1. The van der Waals surface area contributed by atoms with Gasteiger partial charge < -0.3 is 10.1 Å². The smallest absolute Gasteiger partial charge is 0.387 e. The molecule has 138 valence electrons. The molecule has 0 atom stereocenters. The number of ketones is 1. The van der Waals surface area contributed by atoms with Crippen LogP contribution in [-0.2, 0) is 0 Å². The van der Waals surface area contributed by atoms with Crippen LogP contribution >= 0.6 is 22.9 Å². The molecule has 0 amide bonds. The third-order valence-corrected chi connectivity index (χ3v) is 4.48. The summed E-state index contributed by atoms with van der Waals surface area (Å²) < 4.78 is 28.7. The minimum atomic E-state index is -2.85. The van der Waals surface area contributed by atoms with Gasteiger partial charge in [0.15, 0.2) is 10.9 Å². The number of ether oxygens (including phenoxy) is 1. The number of carbonyl (C=O) groups is 1. The molecule has 27 heavy (non-hydrogen) atoms. The number of aromatic nitrogens is 1. The summed E-state index contributed by atoms with van der Waals surface area (Å²) in [4.78, 5) is 16.4. The van der Waals surface area contributed by atoms with E-state index in [9.17, 15) is 13.6 Å². The second-order valence-corrected chi connectivity index (χ2v) is 6.58. The Bertz CT molecular complexity index is 941. The quantitative estimate of drug-likeness (QED) is 0.393. The molecule has 0 bridgehead atoms. The number of nitrogens with one attached hydrogen (secondary N) is 1. The van der Waals surface area contributed by atoms with Crippen LogP contribution in [0.15, 0.2) is 66.2 Å². The average molecular weight is 407 g/mol. The van der Waals surface area contributed by atoms with Gasteiger partial charge in [0.1, 0.15) is 5.75 Å². The zero-order chi connectivity index (χ0) is 19.2. The SMILES string of the molecule is O=C(/C=C/Nc1nc(-c2ccc(OC(F)F)cc2)cs1)c1ccc(Cl)cc1. The monoisotopic (exact) mass is 406 g/mol. The Morgan fingerprint density at radius 1 is 1.15 bits per heavy atom. The molecule has 8 heteroatoms. The third-order valence-electron chi connectivity index (χ3n) is 3.45. The van der Waals surface area contributed by atoms with Gasteiger partial charge in [-0.15, -0.1) is 11.3 Å². The zero-order valence-corrected chi connectivity index (χ0v) is 15.3. The predicted octanol–water partition coefficient (Wildman–Crippen LogP) is 5.87. The molecule has 4 nitrogen and oxygen atoms in total. The van der Waals surface area contributed by atoms with Crippen LogP contribution in [0.3, 0.4) is 0 Å². The fraction of sp³-hybridized carbons (Fsp3) is 0.0526. The highest BCUT2D eigenvalue weighted by atomic mass is 35.5. The molecule has 0 saturated heterocycles. The lowest BCUT2D eigenvalue weighted by molar-refractivity contribution is -0.0498. The van der Waals surface area contributed by atoms with E-state index in [2.05, 4.69) is 15.0 Å². The van der Waals surface area contributed by atoms with Crippen LogP contribution < -0.4 is 10.1 Å². The maximum atomic E-state index is 12.2. The summed E-state index contributed by atoms with van der Waals surface area (Å²) in [5.74, 6) is -0.0726. The maximum Gasteiger partial charge on any atom is 0.387 e. The Balaban J connectivity index is 1.60. The van der Waals surface area contributed by atoms with Crippen molar-refractivity contribution in [2.45, 2.75) is 6.61 Å². The van der Waals surface area contributed by atoms with Crippen LogP contribution in [0.4, 0.5) is 13.9 Å². The Labute approximate surface area is 163 Å². The van der Waals surface area contributed by atoms with Crippen molar-refractivity contribution in [3.05, 3.63) is 76.8 Å². The van der Waals surface area contributed by atoms with Crippen molar-refractivity contribution in [3.8, 4) is 17.0 Å². The van der Waals surface area contributed by atoms with Crippen LogP contribution in [0.1, 0.15) is 10.4 Å². The number of hydrogen-bond acceptors (Lipinski definition) is 5. The average Bonchev–Trinajstić information content (AvgIpc) is 3.11. The van der Waals surface area contributed by atoms with E-state index in [0.29, 0.717) is 21.4 Å². The maximum absolute atomic E-state index is 12.2. The van der Waals surface area contributed by atoms with Gasteiger partial charge >= 0.3 is 6.61 Å². The van der Waals surface area contributed by atoms with Crippen LogP contribution in [0.25, 0.3) is 11.3 Å². The van der Waals surface area contributed by atoms with Crippen molar-refractivity contribution in [3.63, 3.8) is 0 Å². The van der Waals surface area contributed by atoms with Gasteiger partial charge in [-0.25, -0.2) is 4.98 Å². The highest BCUT2D eigenvalue weighted by molar-refractivity contribution is 7.14. The fourth-order valence-corrected chi connectivity index (χ4v) is 3.00. The van der Waals surface area contributed by atoms with E-state index in [0.717, 1.165) is 5.56 Å². The van der Waals surface area contributed by atoms with E-state index in [-0.39, 0.29) is 11.5 Å². The molecule has 0 fully saturated rings. The van der Waals surface area contributed by atoms with Crippen molar-refractivity contribution in [2.24, 2.45) is 0 Å². The van der Waals surface area contributed by atoms with Crippen molar-refractivity contribution in [1.29, 1.82) is 0 Å². The lowest BCUT2D eigenvalue weighted by Crippen LogP contribution is -2.01. The third kappa shape index (κ3) is 5.35. The van der Waals surface area contributed by atoms with Crippen molar-refractivity contribution in [1.82, 2.24) is 4.98 Å². The summed E-state index contributed by atoms with van der Waals surface area (Å²) in [6.45, 7) is -2.85. The summed E-state index contributed by atoms with van der Waals surface area (Å²) in [5, 5.41) is 5.92. The molecule has 0 aliphatic rings. The van der Waals surface area contributed by atoms with Crippen LogP contribution in [0, 0.1) is 0 Å². The van der Waals surface area contributed by atoms with E-state index in [4.69, 9.17) is 11.6 Å². The molecular formula is C19H13ClF2N2O2S. The Hall–Kier alpha value is -2.77. The molecule has 0 aliphatic heterocycles. The van der Waals surface area contributed by atoms with Gasteiger partial charge in [0, 0.05) is 33.8 Å². The molecule has 0 saturated carbocycles. The van der Waals surface area contributed by atoms with E-state index in [1.54, 1.807) is 36.4 Å². The molecule has 0 aliphatic carbocycles. The van der Waals surface area contributed by atoms with Gasteiger partial charge in [0.25, 0.3) is 0 Å². The van der Waals surface area contributed by atoms with Crippen molar-refractivity contribution < 1.29 is 18.3 Å². The highest BCUT2D eigenvalue weighted by Crippen LogP contribution is 2.27. The number of rotatable bonds is 7. The molecule has 0 spiro atoms. The van der Waals surface area contributed by atoms with Crippen LogP contribution in [-0.4, -0.2) is 17.4 Å². The number of alkyl halides is 2. The van der Waals surface area contributed by atoms with Crippen LogP contribution in [0.5, 0.6) is 5.75 Å². The Morgan fingerprint density at radius 2 is 1.85 bits per heavy atom. The minimum absolute atomic E-state index is 0.0889. The fourth-order valence-electron chi connectivity index (χ4n) is 2.18. The van der Waals surface area contributed by atoms with Crippen molar-refractivity contribution in [2.75, 3.05) is 5.32 Å². The molecule has 1 N–H and O–H groups in total. The molecule has 0 radical (unpaired) electrons. The lowest BCUT2D eigenvalue weighted by atomic mass is 10.1. The summed E-state index contributed by atoms with van der Waals surface area (Å²) in [5.41, 5.74) is 1.98. The van der Waals surface area contributed by atoms with E-state index < -0.39 is 6.61 Å². The van der Waals surface area contributed by atoms with Gasteiger partial charge in [-0.1, -0.05) is 11.6 Å². The zero-order valence-electron chi connectivity index (χ0n) is 13.7. The summed E-state index contributed by atoms with van der Waals surface area (Å²) >= 11 is 7.15. The topological polar surface area (TPSA) is 51.2 Å². The number of anilines is 1. The number of halogens is 3. The molecule has 3 rings (SSSR count). The molecule has 3 aromatic rings. The number of thiazole rings is 1. The standard InChI is InChI=1S/C19H13ClF2N2O2S/c20-14-5-1-13(2-6-14)17(25)9-10-23-19-24-16(11-27-19)12-3-7-15(8-4-12)26-18(21)22/h1-11,18H,(H,23,24)/b10-9+. The first-order valence-electron chi connectivity index (χ1n) is 7.75. The first-order valence-corrected chi connectivity index (χ1v) is 9.01. The number of nitrogens with zero attached hydrogens (tertiary/aromatic N) is 1. The van der Waals surface area contributed by atoms with Gasteiger partial charge in [-0.3, -0.25) is 4.79 Å². The lowest BCUT2D eigenvalue weighted by Gasteiger charge is -2.04. The largest absolute Gasteiger partial charge is 0.435 e. The first-order chi connectivity index (χ1) is 13.0. The van der Waals surface area contributed by atoms with E-state index in [1.807, 2.05) is 5.38 Å². The number of carbonyl (C=O) groups excluding carboxylic acids is 1. The van der Waals surface area contributed by atoms with Gasteiger partial charge in [-0.2, -0.15) is 8.78 Å². The number of benzene rings is 2. The van der Waals surface area contributed by atoms with E-state index >= 15 is 0 Å². The minimum Gasteiger partial charge on any atom is -0.435 e. The van der Waals surface area contributed by atoms with Crippen LogP contribution in [0.2, 0.25) is 5.02 Å². The summed E-state index contributed by atoms with van der Waals surface area (Å²) in [7, 11) is 0. The number of hydrogen-bond donors (Lipinski definition) is 1. The Morgan fingerprint density at radius 3 is 2.52 bits per heavy atom. The molecule has 0 unspecified atom stereocenters. The van der Waals surface area contributed by atoms with Crippen molar-refractivity contribution >= 4 is 33.9 Å². The van der Waals surface area contributed by atoms with Gasteiger partial charge in [0.05, 0.1) is 5.69 Å². The molecule has 1 heterocycles. The second-order valence-electron chi connectivity index (χ2n) is 5.29. The second kappa shape index (κ2) is 8.75. The Kier molecular flexibility index (Phi) is 6.16. The molecule has 2 aromatic carbocycles. The molecule has 1 aromatic heterocycles. The van der Waals surface area contributed by atoms with E-state index in [1.165, 1.54) is 35.7 Å². The first kappa shape index (κ1) is 19.0. The normalized spacial score (nSPS) is 11.1. The van der Waals surface area contributed by atoms with Gasteiger partial charge in [-0.05, 0) is 48.5 Å². The highest BCUT2D eigenvalue weighted by Gasteiger charge is 2.07. The van der Waals surface area contributed by atoms with Gasteiger partial charge in [0.2, 0.25) is 0 Å². The molecular weight excluding hydrogens is 394 g/mol. The predicted molar refractivity (Wildman–Crippen MR) is 103 cm³/mol. The summed E-state index contributed by atoms with van der Waals surface area (Å²) in [6, 6.07) is 12.8. The summed E-state index contributed by atoms with van der Waals surface area (Å²) in [6.07, 6.45) is 2.92.